The number of rotatable bonds is 10. The molecule has 0 unspecified atom stereocenters. The van der Waals surface area contributed by atoms with Gasteiger partial charge in [-0.25, -0.2) is 0 Å². The summed E-state index contributed by atoms with van der Waals surface area (Å²) in [4.78, 5) is 35.9. The maximum atomic E-state index is 12.2. The van der Waals surface area contributed by atoms with Gasteiger partial charge >= 0.3 is 5.97 Å². The molecule has 2 aromatic carbocycles. The van der Waals surface area contributed by atoms with Crippen LogP contribution in [0.5, 0.6) is 11.5 Å². The summed E-state index contributed by atoms with van der Waals surface area (Å²) in [6.07, 6.45) is 1.21. The van der Waals surface area contributed by atoms with Crippen LogP contribution in [-0.4, -0.2) is 38.5 Å². The Morgan fingerprint density at radius 1 is 0.931 bits per heavy atom. The number of carbonyl (C=O) groups excluding carboxylic acids is 3. The van der Waals surface area contributed by atoms with E-state index in [-0.39, 0.29) is 24.7 Å². The molecule has 1 N–H and O–H groups in total. The van der Waals surface area contributed by atoms with E-state index in [1.54, 1.807) is 42.5 Å². The fourth-order valence-corrected chi connectivity index (χ4v) is 2.63. The van der Waals surface area contributed by atoms with Crippen molar-refractivity contribution in [1.29, 1.82) is 0 Å². The maximum Gasteiger partial charge on any atom is 0.310 e. The molecule has 0 saturated heterocycles. The Hall–Kier alpha value is -3.35. The molecule has 0 atom stereocenters. The van der Waals surface area contributed by atoms with E-state index in [1.165, 1.54) is 14.2 Å². The normalized spacial score (nSPS) is 10.2. The second-order valence-corrected chi connectivity index (χ2v) is 6.33. The summed E-state index contributed by atoms with van der Waals surface area (Å²) in [5.41, 5.74) is 1.70. The van der Waals surface area contributed by atoms with Gasteiger partial charge in [-0.3, -0.25) is 14.4 Å². The minimum atomic E-state index is -0.519. The van der Waals surface area contributed by atoms with Gasteiger partial charge in [-0.2, -0.15) is 0 Å². The van der Waals surface area contributed by atoms with E-state index < -0.39 is 5.97 Å². The zero-order valence-electron chi connectivity index (χ0n) is 16.8. The summed E-state index contributed by atoms with van der Waals surface area (Å²) < 4.78 is 15.4. The Morgan fingerprint density at radius 2 is 1.62 bits per heavy atom. The summed E-state index contributed by atoms with van der Waals surface area (Å²) in [6, 6.07) is 11.6. The molecule has 1 amide bonds. The van der Waals surface area contributed by atoms with E-state index in [4.69, 9.17) is 14.2 Å². The van der Waals surface area contributed by atoms with Gasteiger partial charge in [0, 0.05) is 17.7 Å². The third kappa shape index (κ3) is 6.64. The zero-order valence-corrected chi connectivity index (χ0v) is 16.8. The molecule has 0 aliphatic heterocycles. The highest BCUT2D eigenvalue weighted by Crippen LogP contribution is 2.27. The number of Topliss-reactive ketones (excluding diaryl/α,β-unsaturated/α-hetero) is 1. The van der Waals surface area contributed by atoms with Gasteiger partial charge in [-0.15, -0.1) is 0 Å². The number of methoxy groups -OCH3 is 2. The van der Waals surface area contributed by atoms with Crippen molar-refractivity contribution >= 4 is 23.3 Å². The second kappa shape index (κ2) is 10.8. The van der Waals surface area contributed by atoms with E-state index in [9.17, 15) is 14.4 Å². The predicted molar refractivity (Wildman–Crippen MR) is 109 cm³/mol. The average Bonchev–Trinajstić information content (AvgIpc) is 2.72. The van der Waals surface area contributed by atoms with E-state index in [1.807, 2.05) is 6.92 Å². The second-order valence-electron chi connectivity index (χ2n) is 6.33. The van der Waals surface area contributed by atoms with Crippen molar-refractivity contribution in [3.8, 4) is 11.5 Å². The molecule has 0 aliphatic rings. The van der Waals surface area contributed by atoms with Gasteiger partial charge in [0.05, 0.1) is 20.6 Å². The van der Waals surface area contributed by atoms with Crippen LogP contribution in [0.1, 0.15) is 35.7 Å². The summed E-state index contributed by atoms with van der Waals surface area (Å²) in [6.45, 7) is 1.57. The van der Waals surface area contributed by atoms with Crippen LogP contribution >= 0.6 is 0 Å². The van der Waals surface area contributed by atoms with Crippen LogP contribution in [0.25, 0.3) is 0 Å². The van der Waals surface area contributed by atoms with Gasteiger partial charge in [0.25, 0.3) is 0 Å². The van der Waals surface area contributed by atoms with Gasteiger partial charge in [-0.05, 0) is 48.4 Å². The molecule has 2 aromatic rings. The maximum absolute atomic E-state index is 12.2. The molecule has 0 fully saturated rings. The van der Waals surface area contributed by atoms with Crippen molar-refractivity contribution in [3.63, 3.8) is 0 Å². The number of hydrogen-bond acceptors (Lipinski definition) is 6. The third-order valence-corrected chi connectivity index (χ3v) is 4.13. The standard InChI is InChI=1S/C22H25NO6/c1-4-5-21(25)23-17-9-7-16(8-10-17)18(24)14-29-22(26)13-15-6-11-19(27-2)20(12-15)28-3/h6-12H,4-5,13-14H2,1-3H3,(H,23,25). The van der Waals surface area contributed by atoms with Crippen LogP contribution in [0, 0.1) is 0 Å². The fourth-order valence-electron chi connectivity index (χ4n) is 2.63. The highest BCUT2D eigenvalue weighted by atomic mass is 16.5. The molecule has 0 spiro atoms. The lowest BCUT2D eigenvalue weighted by atomic mass is 10.1. The number of carbonyl (C=O) groups is 3. The first-order valence-corrected chi connectivity index (χ1v) is 9.26. The van der Waals surface area contributed by atoms with E-state index >= 15 is 0 Å². The van der Waals surface area contributed by atoms with Crippen LogP contribution in [0.3, 0.4) is 0 Å². The Labute approximate surface area is 170 Å². The minimum Gasteiger partial charge on any atom is -0.493 e. The average molecular weight is 399 g/mol. The van der Waals surface area contributed by atoms with Crippen LogP contribution in [-0.2, 0) is 20.7 Å². The molecule has 2 rings (SSSR count). The molecule has 0 aliphatic carbocycles. The van der Waals surface area contributed by atoms with Crippen LogP contribution in [0.15, 0.2) is 42.5 Å². The molecule has 7 heteroatoms. The first-order chi connectivity index (χ1) is 14.0. The molecule has 0 saturated carbocycles. The third-order valence-electron chi connectivity index (χ3n) is 4.13. The summed E-state index contributed by atoms with van der Waals surface area (Å²) in [5.74, 6) is 0.163. The monoisotopic (exact) mass is 399 g/mol. The van der Waals surface area contributed by atoms with Crippen molar-refractivity contribution < 1.29 is 28.6 Å². The Balaban J connectivity index is 1.87. The molecule has 0 heterocycles. The van der Waals surface area contributed by atoms with Crippen LogP contribution in [0.4, 0.5) is 5.69 Å². The summed E-state index contributed by atoms with van der Waals surface area (Å²) in [5, 5.41) is 2.75. The number of ether oxygens (including phenoxy) is 3. The van der Waals surface area contributed by atoms with Crippen molar-refractivity contribution in [1.82, 2.24) is 0 Å². The quantitative estimate of drug-likeness (QED) is 0.486. The molecule has 7 nitrogen and oxygen atoms in total. The number of esters is 1. The van der Waals surface area contributed by atoms with E-state index in [0.29, 0.717) is 34.7 Å². The molecule has 0 radical (unpaired) electrons. The van der Waals surface area contributed by atoms with Crippen LogP contribution < -0.4 is 14.8 Å². The zero-order chi connectivity index (χ0) is 21.2. The first kappa shape index (κ1) is 21.9. The van der Waals surface area contributed by atoms with Gasteiger partial charge in [0.1, 0.15) is 0 Å². The Morgan fingerprint density at radius 3 is 2.24 bits per heavy atom. The Bertz CT molecular complexity index is 860. The number of hydrogen-bond donors (Lipinski definition) is 1. The van der Waals surface area contributed by atoms with Gasteiger partial charge in [0.2, 0.25) is 5.91 Å². The fraction of sp³-hybridized carbons (Fsp3) is 0.318. The molecule has 29 heavy (non-hydrogen) atoms. The molecule has 154 valence electrons. The van der Waals surface area contributed by atoms with E-state index in [0.717, 1.165) is 6.42 Å². The highest BCUT2D eigenvalue weighted by Gasteiger charge is 2.13. The topological polar surface area (TPSA) is 90.9 Å². The number of nitrogens with one attached hydrogen (secondary N) is 1. The largest absolute Gasteiger partial charge is 0.493 e. The summed E-state index contributed by atoms with van der Waals surface area (Å²) >= 11 is 0. The minimum absolute atomic E-state index is 0.00995. The smallest absolute Gasteiger partial charge is 0.310 e. The van der Waals surface area contributed by atoms with Gasteiger partial charge < -0.3 is 19.5 Å². The lowest BCUT2D eigenvalue weighted by Crippen LogP contribution is -2.16. The SMILES string of the molecule is CCCC(=O)Nc1ccc(C(=O)COC(=O)Cc2ccc(OC)c(OC)c2)cc1. The van der Waals surface area contributed by atoms with Crippen molar-refractivity contribution in [2.45, 2.75) is 26.2 Å². The van der Waals surface area contributed by atoms with Gasteiger partial charge in [-0.1, -0.05) is 13.0 Å². The molecular formula is C22H25NO6. The lowest BCUT2D eigenvalue weighted by Gasteiger charge is -2.10. The van der Waals surface area contributed by atoms with Crippen molar-refractivity contribution in [2.24, 2.45) is 0 Å². The number of amides is 1. The van der Waals surface area contributed by atoms with Crippen molar-refractivity contribution in [3.05, 3.63) is 53.6 Å². The van der Waals surface area contributed by atoms with Gasteiger partial charge in [0.15, 0.2) is 23.9 Å². The predicted octanol–water partition coefficient (Wildman–Crippen LogP) is 3.41. The molecule has 0 bridgehead atoms. The Kier molecular flexibility index (Phi) is 8.21. The lowest BCUT2D eigenvalue weighted by molar-refractivity contribution is -0.141. The first-order valence-electron chi connectivity index (χ1n) is 9.26. The van der Waals surface area contributed by atoms with Crippen molar-refractivity contribution in [2.75, 3.05) is 26.1 Å². The highest BCUT2D eigenvalue weighted by molar-refractivity contribution is 5.99. The number of anilines is 1. The van der Waals surface area contributed by atoms with Crippen LogP contribution in [0.2, 0.25) is 0 Å². The van der Waals surface area contributed by atoms with E-state index in [2.05, 4.69) is 5.32 Å². The molecule has 0 aromatic heterocycles. The number of benzene rings is 2. The number of ketones is 1. The summed E-state index contributed by atoms with van der Waals surface area (Å²) in [7, 11) is 3.04. The molecular weight excluding hydrogens is 374 g/mol.